The smallest absolute Gasteiger partial charge is 0.227 e. The Labute approximate surface area is 148 Å². The molecule has 6 heteroatoms. The average molecular weight is 343 g/mol. The van der Waals surface area contributed by atoms with Crippen LogP contribution in [0.4, 0.5) is 5.69 Å². The van der Waals surface area contributed by atoms with Gasteiger partial charge in [0.1, 0.15) is 5.75 Å². The third-order valence-electron chi connectivity index (χ3n) is 4.41. The number of carbonyl (C=O) groups is 1. The summed E-state index contributed by atoms with van der Waals surface area (Å²) in [4.78, 5) is 12.0. The summed E-state index contributed by atoms with van der Waals surface area (Å²) in [5, 5.41) is 7.12. The quantitative estimate of drug-likeness (QED) is 0.839. The summed E-state index contributed by atoms with van der Waals surface area (Å²) in [7, 11) is 0. The van der Waals surface area contributed by atoms with Gasteiger partial charge in [0.25, 0.3) is 0 Å². The van der Waals surface area contributed by atoms with E-state index in [4.69, 9.17) is 9.47 Å². The molecule has 0 radical (unpaired) electrons. The van der Waals surface area contributed by atoms with Crippen LogP contribution in [-0.2, 0) is 16.1 Å². The molecule has 134 valence electrons. The third-order valence-corrected chi connectivity index (χ3v) is 4.41. The number of benzene rings is 1. The van der Waals surface area contributed by atoms with Crippen molar-refractivity contribution in [2.24, 2.45) is 0 Å². The van der Waals surface area contributed by atoms with Gasteiger partial charge in [-0.05, 0) is 49.9 Å². The Morgan fingerprint density at radius 2 is 2.28 bits per heavy atom. The summed E-state index contributed by atoms with van der Waals surface area (Å²) in [6, 6.07) is 5.94. The number of rotatable bonds is 7. The normalized spacial score (nSPS) is 16.8. The van der Waals surface area contributed by atoms with E-state index in [0.717, 1.165) is 31.7 Å². The second-order valence-electron chi connectivity index (χ2n) is 6.48. The molecule has 1 N–H and O–H groups in total. The molecule has 6 nitrogen and oxygen atoms in total. The summed E-state index contributed by atoms with van der Waals surface area (Å²) < 4.78 is 13.1. The standard InChI is InChI=1S/C19H25N3O3/c1-14-5-6-17(10-15(14)2)25-9-7-19(23)21-16-11-20-22(12-16)13-18-4-3-8-24-18/h5-6,10-12,18H,3-4,7-9,13H2,1-2H3,(H,21,23). The van der Waals surface area contributed by atoms with Gasteiger partial charge in [-0.3, -0.25) is 9.48 Å². The summed E-state index contributed by atoms with van der Waals surface area (Å²) in [6.07, 6.45) is 6.20. The molecule has 1 atom stereocenters. The van der Waals surface area contributed by atoms with Crippen LogP contribution in [0.25, 0.3) is 0 Å². The fourth-order valence-electron chi connectivity index (χ4n) is 2.81. The van der Waals surface area contributed by atoms with Gasteiger partial charge in [0.2, 0.25) is 5.91 Å². The molecule has 25 heavy (non-hydrogen) atoms. The van der Waals surface area contributed by atoms with Crippen molar-refractivity contribution in [2.75, 3.05) is 18.5 Å². The topological polar surface area (TPSA) is 65.4 Å². The van der Waals surface area contributed by atoms with Crippen LogP contribution >= 0.6 is 0 Å². The molecule has 1 saturated heterocycles. The molecule has 0 saturated carbocycles. The molecule has 1 aliphatic heterocycles. The van der Waals surface area contributed by atoms with Crippen molar-refractivity contribution in [1.82, 2.24) is 9.78 Å². The fourth-order valence-corrected chi connectivity index (χ4v) is 2.81. The zero-order valence-corrected chi connectivity index (χ0v) is 14.8. The molecule has 2 heterocycles. The van der Waals surface area contributed by atoms with Gasteiger partial charge in [0.15, 0.2) is 0 Å². The minimum absolute atomic E-state index is 0.0829. The van der Waals surface area contributed by atoms with Gasteiger partial charge < -0.3 is 14.8 Å². The lowest BCUT2D eigenvalue weighted by Crippen LogP contribution is -2.16. The fraction of sp³-hybridized carbons (Fsp3) is 0.474. The van der Waals surface area contributed by atoms with Crippen LogP contribution in [0.5, 0.6) is 5.75 Å². The van der Waals surface area contributed by atoms with Gasteiger partial charge in [-0.2, -0.15) is 5.10 Å². The number of nitrogens with one attached hydrogen (secondary N) is 1. The molecular weight excluding hydrogens is 318 g/mol. The molecule has 0 aliphatic carbocycles. The predicted molar refractivity (Wildman–Crippen MR) is 95.9 cm³/mol. The van der Waals surface area contributed by atoms with Gasteiger partial charge in [-0.15, -0.1) is 0 Å². The molecule has 1 unspecified atom stereocenters. The highest BCUT2D eigenvalue weighted by molar-refractivity contribution is 5.90. The molecule has 1 aromatic heterocycles. The van der Waals surface area contributed by atoms with Gasteiger partial charge in [0.05, 0.1) is 37.6 Å². The van der Waals surface area contributed by atoms with E-state index in [0.29, 0.717) is 18.7 Å². The van der Waals surface area contributed by atoms with Gasteiger partial charge >= 0.3 is 0 Å². The first-order valence-electron chi connectivity index (χ1n) is 8.74. The zero-order chi connectivity index (χ0) is 17.6. The summed E-state index contributed by atoms with van der Waals surface area (Å²) in [5.74, 6) is 0.709. The van der Waals surface area contributed by atoms with Crippen molar-refractivity contribution < 1.29 is 14.3 Å². The number of carbonyl (C=O) groups excluding carboxylic acids is 1. The number of ether oxygens (including phenoxy) is 2. The van der Waals surface area contributed by atoms with E-state index in [1.165, 1.54) is 11.1 Å². The van der Waals surface area contributed by atoms with E-state index < -0.39 is 0 Å². The maximum absolute atomic E-state index is 12.0. The molecule has 1 amide bonds. The first-order valence-corrected chi connectivity index (χ1v) is 8.74. The Kier molecular flexibility index (Phi) is 5.71. The van der Waals surface area contributed by atoms with Crippen LogP contribution in [0.1, 0.15) is 30.4 Å². The minimum Gasteiger partial charge on any atom is -0.493 e. The van der Waals surface area contributed by atoms with E-state index >= 15 is 0 Å². The van der Waals surface area contributed by atoms with E-state index in [2.05, 4.69) is 17.3 Å². The third kappa shape index (κ3) is 5.06. The number of nitrogens with zero attached hydrogens (tertiary/aromatic N) is 2. The summed E-state index contributed by atoms with van der Waals surface area (Å²) in [6.45, 7) is 6.01. The highest BCUT2D eigenvalue weighted by atomic mass is 16.5. The van der Waals surface area contributed by atoms with Crippen LogP contribution < -0.4 is 10.1 Å². The van der Waals surface area contributed by atoms with Crippen molar-refractivity contribution in [2.45, 2.75) is 45.8 Å². The van der Waals surface area contributed by atoms with E-state index in [1.54, 1.807) is 6.20 Å². The van der Waals surface area contributed by atoms with Crippen molar-refractivity contribution in [3.63, 3.8) is 0 Å². The number of aromatic nitrogens is 2. The number of anilines is 1. The van der Waals surface area contributed by atoms with E-state index in [9.17, 15) is 4.79 Å². The lowest BCUT2D eigenvalue weighted by atomic mass is 10.1. The number of amides is 1. The van der Waals surface area contributed by atoms with Crippen molar-refractivity contribution >= 4 is 11.6 Å². The zero-order valence-electron chi connectivity index (χ0n) is 14.8. The van der Waals surface area contributed by atoms with Gasteiger partial charge in [-0.1, -0.05) is 6.07 Å². The van der Waals surface area contributed by atoms with Gasteiger partial charge in [0, 0.05) is 12.8 Å². The van der Waals surface area contributed by atoms with Crippen molar-refractivity contribution in [3.8, 4) is 5.75 Å². The lowest BCUT2D eigenvalue weighted by Gasteiger charge is -2.09. The summed E-state index contributed by atoms with van der Waals surface area (Å²) >= 11 is 0. The monoisotopic (exact) mass is 343 g/mol. The Hall–Kier alpha value is -2.34. The number of hydrogen-bond donors (Lipinski definition) is 1. The molecule has 2 aromatic rings. The van der Waals surface area contributed by atoms with Crippen LogP contribution in [0.2, 0.25) is 0 Å². The lowest BCUT2D eigenvalue weighted by molar-refractivity contribution is -0.116. The van der Waals surface area contributed by atoms with Crippen molar-refractivity contribution in [1.29, 1.82) is 0 Å². The molecular formula is C19H25N3O3. The second kappa shape index (κ2) is 8.16. The van der Waals surface area contributed by atoms with Crippen LogP contribution in [-0.4, -0.2) is 35.0 Å². The Bertz CT molecular complexity index is 720. The second-order valence-corrected chi connectivity index (χ2v) is 6.48. The maximum atomic E-state index is 12.0. The first-order chi connectivity index (χ1) is 12.1. The molecule has 3 rings (SSSR count). The predicted octanol–water partition coefficient (Wildman–Crippen LogP) is 3.09. The Morgan fingerprint density at radius 1 is 1.40 bits per heavy atom. The highest BCUT2D eigenvalue weighted by Gasteiger charge is 2.16. The molecule has 0 spiro atoms. The average Bonchev–Trinajstić information content (AvgIpc) is 3.23. The number of hydrogen-bond acceptors (Lipinski definition) is 4. The molecule has 1 aliphatic rings. The van der Waals surface area contributed by atoms with Crippen LogP contribution in [0.15, 0.2) is 30.6 Å². The molecule has 1 fully saturated rings. The first kappa shape index (κ1) is 17.5. The van der Waals surface area contributed by atoms with E-state index in [1.807, 2.05) is 36.0 Å². The highest BCUT2D eigenvalue weighted by Crippen LogP contribution is 2.17. The largest absolute Gasteiger partial charge is 0.493 e. The van der Waals surface area contributed by atoms with Crippen LogP contribution in [0.3, 0.4) is 0 Å². The van der Waals surface area contributed by atoms with Crippen LogP contribution in [0, 0.1) is 13.8 Å². The Balaban J connectivity index is 1.41. The minimum atomic E-state index is -0.0829. The number of aryl methyl sites for hydroxylation is 2. The Morgan fingerprint density at radius 3 is 3.04 bits per heavy atom. The van der Waals surface area contributed by atoms with Gasteiger partial charge in [-0.25, -0.2) is 0 Å². The molecule has 0 bridgehead atoms. The van der Waals surface area contributed by atoms with E-state index in [-0.39, 0.29) is 12.0 Å². The molecule has 1 aromatic carbocycles. The maximum Gasteiger partial charge on any atom is 0.227 e. The SMILES string of the molecule is Cc1ccc(OCCC(=O)Nc2cnn(CC3CCCO3)c2)cc1C. The summed E-state index contributed by atoms with van der Waals surface area (Å²) in [5.41, 5.74) is 3.11. The van der Waals surface area contributed by atoms with Crippen molar-refractivity contribution in [3.05, 3.63) is 41.7 Å².